The van der Waals surface area contributed by atoms with Crippen molar-refractivity contribution in [2.75, 3.05) is 4.90 Å². The Hall–Kier alpha value is -9.18. The first-order valence-corrected chi connectivity index (χ1v) is 23.6. The minimum absolute atomic E-state index is 0.872. The van der Waals surface area contributed by atoms with Crippen molar-refractivity contribution < 1.29 is 4.42 Å². The lowest BCUT2D eigenvalue weighted by Crippen LogP contribution is -2.12. The minimum atomic E-state index is 0.872. The van der Waals surface area contributed by atoms with Crippen LogP contribution in [0.1, 0.15) is 0 Å². The maximum atomic E-state index is 6.45. The summed E-state index contributed by atoms with van der Waals surface area (Å²) >= 11 is 0. The number of para-hydroxylation sites is 5. The van der Waals surface area contributed by atoms with Crippen LogP contribution in [-0.2, 0) is 0 Å². The Bertz CT molecular complexity index is 3970. The van der Waals surface area contributed by atoms with Crippen molar-refractivity contribution >= 4 is 60.8 Å². The first-order valence-electron chi connectivity index (χ1n) is 23.6. The van der Waals surface area contributed by atoms with Crippen molar-refractivity contribution in [3.05, 3.63) is 267 Å². The molecule has 3 nitrogen and oxygen atoms in total. The van der Waals surface area contributed by atoms with Gasteiger partial charge < -0.3 is 13.9 Å². The van der Waals surface area contributed by atoms with E-state index < -0.39 is 0 Å². The highest BCUT2D eigenvalue weighted by Crippen LogP contribution is 2.47. The number of nitrogens with zero attached hydrogens (tertiary/aromatic N) is 2. The smallest absolute Gasteiger partial charge is 0.136 e. The molecule has 3 heteroatoms. The van der Waals surface area contributed by atoms with Crippen molar-refractivity contribution in [3.63, 3.8) is 0 Å². The Balaban J connectivity index is 0.925. The maximum absolute atomic E-state index is 6.45. The molecule has 13 rings (SSSR count). The summed E-state index contributed by atoms with van der Waals surface area (Å²) in [6.45, 7) is 0. The van der Waals surface area contributed by atoms with Gasteiger partial charge in [0.2, 0.25) is 0 Å². The third-order valence-corrected chi connectivity index (χ3v) is 13.6. The summed E-state index contributed by atoms with van der Waals surface area (Å²) in [7, 11) is 0. The van der Waals surface area contributed by atoms with Crippen LogP contribution in [0, 0.1) is 0 Å². The van der Waals surface area contributed by atoms with Crippen LogP contribution in [0.25, 0.3) is 105 Å². The number of benzene rings is 11. The predicted molar refractivity (Wildman–Crippen MR) is 290 cm³/mol. The maximum Gasteiger partial charge on any atom is 0.136 e. The molecule has 0 amide bonds. The van der Waals surface area contributed by atoms with Gasteiger partial charge in [-0.3, -0.25) is 0 Å². The molecule has 2 aromatic heterocycles. The Labute approximate surface area is 401 Å². The van der Waals surface area contributed by atoms with Gasteiger partial charge in [0.15, 0.2) is 0 Å². The number of hydrogen-bond acceptors (Lipinski definition) is 2. The quantitative estimate of drug-likeness (QED) is 0.144. The van der Waals surface area contributed by atoms with Gasteiger partial charge in [-0.2, -0.15) is 0 Å². The topological polar surface area (TPSA) is 21.3 Å². The SMILES string of the molecule is c1ccc(-c2ccccc2-c2ccccc2N(c2ccc(-c3cccc(-c4cccc(-n5c6ccccc6c6ccccc65)c4)c3)cc2)c2ccccc2-c2ccc3c(c2)oc2ccccc23)cc1. The molecule has 0 unspecified atom stereocenters. The number of fused-ring (bicyclic) bond motifs is 6. The molecule has 0 atom stereocenters. The van der Waals surface area contributed by atoms with E-state index in [1.54, 1.807) is 0 Å². The molecule has 0 aliphatic rings. The van der Waals surface area contributed by atoms with Crippen LogP contribution in [0.5, 0.6) is 0 Å². The largest absolute Gasteiger partial charge is 0.456 e. The monoisotopic (exact) mass is 880 g/mol. The molecule has 0 fully saturated rings. The van der Waals surface area contributed by atoms with Crippen LogP contribution in [0.15, 0.2) is 271 Å². The summed E-state index contributed by atoms with van der Waals surface area (Å²) in [4.78, 5) is 2.43. The van der Waals surface area contributed by atoms with E-state index in [4.69, 9.17) is 4.42 Å². The third-order valence-electron chi connectivity index (χ3n) is 13.6. The van der Waals surface area contributed by atoms with Crippen molar-refractivity contribution in [1.29, 1.82) is 0 Å². The lowest BCUT2D eigenvalue weighted by molar-refractivity contribution is 0.669. The molecular formula is C66H44N2O. The molecule has 0 N–H and O–H groups in total. The van der Waals surface area contributed by atoms with E-state index in [1.807, 2.05) is 12.1 Å². The Kier molecular flexibility index (Phi) is 9.84. The van der Waals surface area contributed by atoms with Crippen molar-refractivity contribution in [1.82, 2.24) is 4.57 Å². The van der Waals surface area contributed by atoms with Crippen LogP contribution in [0.2, 0.25) is 0 Å². The summed E-state index contributed by atoms with van der Waals surface area (Å²) in [5.74, 6) is 0. The van der Waals surface area contributed by atoms with Crippen molar-refractivity contribution in [2.24, 2.45) is 0 Å². The fourth-order valence-corrected chi connectivity index (χ4v) is 10.4. The third kappa shape index (κ3) is 7.08. The second-order valence-corrected chi connectivity index (χ2v) is 17.6. The average Bonchev–Trinajstić information content (AvgIpc) is 3.97. The zero-order chi connectivity index (χ0) is 45.7. The van der Waals surface area contributed by atoms with E-state index in [0.717, 1.165) is 72.5 Å². The highest BCUT2D eigenvalue weighted by molar-refractivity contribution is 6.09. The summed E-state index contributed by atoms with van der Waals surface area (Å²) in [5.41, 5.74) is 20.0. The van der Waals surface area contributed by atoms with Crippen molar-refractivity contribution in [3.8, 4) is 61.3 Å². The zero-order valence-electron chi connectivity index (χ0n) is 37.7. The van der Waals surface area contributed by atoms with Crippen LogP contribution in [-0.4, -0.2) is 4.57 Å². The molecule has 13 aromatic rings. The van der Waals surface area contributed by atoms with Gasteiger partial charge in [-0.05, 0) is 117 Å². The van der Waals surface area contributed by atoms with E-state index in [1.165, 1.54) is 49.6 Å². The van der Waals surface area contributed by atoms with Gasteiger partial charge in [-0.25, -0.2) is 0 Å². The summed E-state index contributed by atoms with van der Waals surface area (Å²) < 4.78 is 8.83. The van der Waals surface area contributed by atoms with Gasteiger partial charge in [-0.1, -0.05) is 194 Å². The normalized spacial score (nSPS) is 11.5. The highest BCUT2D eigenvalue weighted by Gasteiger charge is 2.23. The molecular weight excluding hydrogens is 837 g/mol. The molecule has 0 aliphatic carbocycles. The second kappa shape index (κ2) is 16.9. The highest BCUT2D eigenvalue weighted by atomic mass is 16.3. The molecule has 0 aliphatic heterocycles. The fraction of sp³-hybridized carbons (Fsp3) is 0. The summed E-state index contributed by atoms with van der Waals surface area (Å²) in [6, 6.07) is 96.1. The van der Waals surface area contributed by atoms with Gasteiger partial charge in [0.1, 0.15) is 11.2 Å². The van der Waals surface area contributed by atoms with E-state index in [-0.39, 0.29) is 0 Å². The predicted octanol–water partition coefficient (Wildman–Crippen LogP) is 18.5. The molecule has 324 valence electrons. The van der Waals surface area contributed by atoms with Gasteiger partial charge in [0.05, 0.1) is 22.4 Å². The van der Waals surface area contributed by atoms with E-state index in [2.05, 4.69) is 264 Å². The van der Waals surface area contributed by atoms with Crippen molar-refractivity contribution in [2.45, 2.75) is 0 Å². The number of furan rings is 1. The van der Waals surface area contributed by atoms with E-state index >= 15 is 0 Å². The first-order chi connectivity index (χ1) is 34.2. The zero-order valence-corrected chi connectivity index (χ0v) is 37.7. The molecule has 0 saturated carbocycles. The number of anilines is 3. The fourth-order valence-electron chi connectivity index (χ4n) is 10.4. The molecule has 0 spiro atoms. The van der Waals surface area contributed by atoms with E-state index in [9.17, 15) is 0 Å². The van der Waals surface area contributed by atoms with Gasteiger partial charge in [0.25, 0.3) is 0 Å². The Morgan fingerprint density at radius 3 is 1.52 bits per heavy atom. The van der Waals surface area contributed by atoms with Gasteiger partial charge in [-0.15, -0.1) is 0 Å². The van der Waals surface area contributed by atoms with Crippen LogP contribution in [0.4, 0.5) is 17.1 Å². The number of rotatable bonds is 9. The second-order valence-electron chi connectivity index (χ2n) is 17.6. The number of aromatic nitrogens is 1. The molecule has 0 bridgehead atoms. The first kappa shape index (κ1) is 40.1. The minimum Gasteiger partial charge on any atom is -0.456 e. The number of hydrogen-bond donors (Lipinski definition) is 0. The summed E-state index contributed by atoms with van der Waals surface area (Å²) in [6.07, 6.45) is 0. The lowest BCUT2D eigenvalue weighted by Gasteiger charge is -2.30. The van der Waals surface area contributed by atoms with Crippen LogP contribution in [0.3, 0.4) is 0 Å². The molecule has 0 saturated heterocycles. The van der Waals surface area contributed by atoms with E-state index in [0.29, 0.717) is 0 Å². The molecule has 69 heavy (non-hydrogen) atoms. The Morgan fingerprint density at radius 1 is 0.275 bits per heavy atom. The van der Waals surface area contributed by atoms with Crippen LogP contribution >= 0.6 is 0 Å². The average molecular weight is 881 g/mol. The Morgan fingerprint density at radius 2 is 0.783 bits per heavy atom. The molecule has 11 aromatic carbocycles. The summed E-state index contributed by atoms with van der Waals surface area (Å²) in [5, 5.41) is 4.76. The van der Waals surface area contributed by atoms with Gasteiger partial charge >= 0.3 is 0 Å². The molecule has 0 radical (unpaired) electrons. The molecule has 2 heterocycles. The standard InChI is InChI=1S/C66H44N2O/c1-2-18-46(19-3-1)53-24-4-5-26-55(53)56-27-7-12-32-62(56)67(61-31-11-6-25-54(61)50-38-41-60-59-30-10-15-35-65(59)69-66(60)44-50)51-39-36-45(37-40-51)47-20-16-21-48(42-47)49-22-17-23-52(43-49)68-63-33-13-8-28-57(63)58-29-9-14-34-64(58)68/h1-44H. The van der Waals surface area contributed by atoms with Crippen LogP contribution < -0.4 is 4.90 Å². The van der Waals surface area contributed by atoms with Gasteiger partial charge in [0, 0.05) is 44.0 Å². The lowest BCUT2D eigenvalue weighted by atomic mass is 9.92.